The molecule has 0 aliphatic heterocycles. The number of hydrogen-bond donors (Lipinski definition) is 1. The van der Waals surface area contributed by atoms with Crippen LogP contribution in [0.15, 0.2) is 36.5 Å². The summed E-state index contributed by atoms with van der Waals surface area (Å²) in [6.07, 6.45) is 1.64. The molecule has 0 unspecified atom stereocenters. The van der Waals surface area contributed by atoms with Gasteiger partial charge in [-0.2, -0.15) is 0 Å². The summed E-state index contributed by atoms with van der Waals surface area (Å²) in [4.78, 5) is 4.23. The van der Waals surface area contributed by atoms with E-state index in [9.17, 15) is 4.39 Å². The smallest absolute Gasteiger partial charge is 0.138 e. The highest BCUT2D eigenvalue weighted by molar-refractivity contribution is 6.31. The minimum absolute atomic E-state index is 0.212. The lowest BCUT2D eigenvalue weighted by atomic mass is 10.2. The minimum Gasteiger partial charge on any atom is -0.487 e. The van der Waals surface area contributed by atoms with Crippen molar-refractivity contribution in [3.8, 4) is 5.75 Å². The van der Waals surface area contributed by atoms with Gasteiger partial charge in [-0.15, -0.1) is 0 Å². The molecule has 1 aromatic carbocycles. The summed E-state index contributed by atoms with van der Waals surface area (Å²) in [6.45, 7) is 0.916. The Hall–Kier alpha value is -1.65. The molecule has 0 amide bonds. The van der Waals surface area contributed by atoms with Crippen molar-refractivity contribution in [1.29, 1.82) is 0 Å². The van der Waals surface area contributed by atoms with Gasteiger partial charge in [0.1, 0.15) is 18.2 Å². The van der Waals surface area contributed by atoms with Crippen LogP contribution in [0.5, 0.6) is 5.75 Å². The molecule has 0 saturated heterocycles. The van der Waals surface area contributed by atoms with Crippen LogP contribution in [0.3, 0.4) is 0 Å². The van der Waals surface area contributed by atoms with Crippen LogP contribution in [0.25, 0.3) is 0 Å². The number of nitrogens with one attached hydrogen (secondary N) is 1. The molecule has 0 spiro atoms. The van der Waals surface area contributed by atoms with Gasteiger partial charge in [0.15, 0.2) is 0 Å². The molecule has 1 heterocycles. The molecule has 1 aromatic heterocycles. The first-order valence-corrected chi connectivity index (χ1v) is 6.23. The average Bonchev–Trinajstić information content (AvgIpc) is 2.42. The van der Waals surface area contributed by atoms with E-state index >= 15 is 0 Å². The van der Waals surface area contributed by atoms with Crippen LogP contribution in [0.4, 0.5) is 4.39 Å². The monoisotopic (exact) mass is 280 g/mol. The summed E-state index contributed by atoms with van der Waals surface area (Å²) in [5, 5.41) is 3.50. The molecule has 19 heavy (non-hydrogen) atoms. The largest absolute Gasteiger partial charge is 0.487 e. The summed E-state index contributed by atoms with van der Waals surface area (Å²) in [7, 11) is 1.86. The van der Waals surface area contributed by atoms with Gasteiger partial charge in [-0.3, -0.25) is 4.98 Å². The number of halogens is 2. The van der Waals surface area contributed by atoms with E-state index in [1.165, 1.54) is 18.2 Å². The number of rotatable bonds is 5. The molecule has 100 valence electrons. The maximum Gasteiger partial charge on any atom is 0.138 e. The van der Waals surface area contributed by atoms with Gasteiger partial charge in [-0.25, -0.2) is 4.39 Å². The van der Waals surface area contributed by atoms with Gasteiger partial charge in [-0.1, -0.05) is 11.6 Å². The van der Waals surface area contributed by atoms with Crippen LogP contribution in [-0.2, 0) is 13.2 Å². The van der Waals surface area contributed by atoms with E-state index in [-0.39, 0.29) is 12.4 Å². The van der Waals surface area contributed by atoms with Crippen molar-refractivity contribution in [3.63, 3.8) is 0 Å². The van der Waals surface area contributed by atoms with Crippen molar-refractivity contribution in [1.82, 2.24) is 10.3 Å². The zero-order valence-corrected chi connectivity index (χ0v) is 11.2. The quantitative estimate of drug-likeness (QED) is 0.913. The van der Waals surface area contributed by atoms with Gasteiger partial charge in [-0.05, 0) is 37.4 Å². The molecule has 0 radical (unpaired) electrons. The van der Waals surface area contributed by atoms with Gasteiger partial charge in [0.25, 0.3) is 0 Å². The van der Waals surface area contributed by atoms with Crippen molar-refractivity contribution in [3.05, 3.63) is 58.6 Å². The van der Waals surface area contributed by atoms with E-state index in [0.717, 1.165) is 5.69 Å². The summed E-state index contributed by atoms with van der Waals surface area (Å²) < 4.78 is 18.6. The second kappa shape index (κ2) is 6.50. The van der Waals surface area contributed by atoms with Crippen molar-refractivity contribution < 1.29 is 9.13 Å². The number of hydrogen-bond acceptors (Lipinski definition) is 3. The standard InChI is InChI=1S/C14H14ClFN2O/c1-17-7-12-3-4-13(8-18-12)19-9-10-6-11(16)2-5-14(10)15/h2-6,8,17H,7,9H2,1H3. The van der Waals surface area contributed by atoms with E-state index in [4.69, 9.17) is 16.3 Å². The zero-order valence-electron chi connectivity index (χ0n) is 10.5. The highest BCUT2D eigenvalue weighted by Crippen LogP contribution is 2.19. The van der Waals surface area contributed by atoms with Crippen molar-refractivity contribution in [2.75, 3.05) is 7.05 Å². The molecule has 0 fully saturated rings. The first-order valence-electron chi connectivity index (χ1n) is 5.85. The number of aromatic nitrogens is 1. The molecular formula is C14H14ClFN2O. The van der Waals surface area contributed by atoms with E-state index < -0.39 is 0 Å². The molecule has 1 N–H and O–H groups in total. The second-order valence-electron chi connectivity index (χ2n) is 4.04. The van der Waals surface area contributed by atoms with Crippen molar-refractivity contribution >= 4 is 11.6 Å². The van der Waals surface area contributed by atoms with Crippen LogP contribution in [-0.4, -0.2) is 12.0 Å². The van der Waals surface area contributed by atoms with Crippen LogP contribution in [0, 0.1) is 5.82 Å². The maximum atomic E-state index is 13.1. The topological polar surface area (TPSA) is 34.1 Å². The molecule has 0 bridgehead atoms. The summed E-state index contributed by atoms with van der Waals surface area (Å²) in [6, 6.07) is 7.90. The van der Waals surface area contributed by atoms with Crippen molar-refractivity contribution in [2.45, 2.75) is 13.2 Å². The Kier molecular flexibility index (Phi) is 4.71. The summed E-state index contributed by atoms with van der Waals surface area (Å²) in [5.41, 5.74) is 1.54. The number of nitrogens with zero attached hydrogens (tertiary/aromatic N) is 1. The van der Waals surface area contributed by atoms with Crippen LogP contribution < -0.4 is 10.1 Å². The molecule has 2 rings (SSSR count). The molecule has 3 nitrogen and oxygen atoms in total. The van der Waals surface area contributed by atoms with E-state index in [1.54, 1.807) is 6.20 Å². The number of benzene rings is 1. The van der Waals surface area contributed by atoms with Gasteiger partial charge in [0, 0.05) is 17.1 Å². The molecule has 0 aliphatic carbocycles. The van der Waals surface area contributed by atoms with Crippen LogP contribution >= 0.6 is 11.6 Å². The first kappa shape index (κ1) is 13.8. The first-order chi connectivity index (χ1) is 9.19. The Balaban J connectivity index is 2.00. The summed E-state index contributed by atoms with van der Waals surface area (Å²) >= 11 is 5.96. The molecule has 2 aromatic rings. The Morgan fingerprint density at radius 1 is 1.32 bits per heavy atom. The Labute approximate surface area is 116 Å². The summed E-state index contributed by atoms with van der Waals surface area (Å²) in [5.74, 6) is 0.297. The number of pyridine rings is 1. The third-order valence-corrected chi connectivity index (χ3v) is 2.93. The lowest BCUT2D eigenvalue weighted by Gasteiger charge is -2.08. The Morgan fingerprint density at radius 2 is 2.16 bits per heavy atom. The molecule has 5 heteroatoms. The molecule has 0 saturated carbocycles. The fourth-order valence-corrected chi connectivity index (χ4v) is 1.77. The zero-order chi connectivity index (χ0) is 13.7. The highest BCUT2D eigenvalue weighted by Gasteiger charge is 2.04. The van der Waals surface area contributed by atoms with E-state index in [0.29, 0.717) is 22.9 Å². The maximum absolute atomic E-state index is 13.1. The van der Waals surface area contributed by atoms with E-state index in [1.807, 2.05) is 19.2 Å². The van der Waals surface area contributed by atoms with Gasteiger partial charge in [0.2, 0.25) is 0 Å². The molecule has 0 atom stereocenters. The van der Waals surface area contributed by atoms with Gasteiger partial charge in [0.05, 0.1) is 11.9 Å². The fraction of sp³-hybridized carbons (Fsp3) is 0.214. The SMILES string of the molecule is CNCc1ccc(OCc2cc(F)ccc2Cl)cn1. The fourth-order valence-electron chi connectivity index (χ4n) is 1.60. The van der Waals surface area contributed by atoms with Crippen molar-refractivity contribution in [2.24, 2.45) is 0 Å². The lowest BCUT2D eigenvalue weighted by molar-refractivity contribution is 0.304. The predicted octanol–water partition coefficient (Wildman–Crippen LogP) is 3.17. The second-order valence-corrected chi connectivity index (χ2v) is 4.45. The minimum atomic E-state index is -0.328. The average molecular weight is 281 g/mol. The van der Waals surface area contributed by atoms with Crippen LogP contribution in [0.1, 0.15) is 11.3 Å². The normalized spacial score (nSPS) is 10.5. The Morgan fingerprint density at radius 3 is 2.84 bits per heavy atom. The lowest BCUT2D eigenvalue weighted by Crippen LogP contribution is -2.06. The Bertz CT molecular complexity index is 546. The predicted molar refractivity (Wildman–Crippen MR) is 72.7 cm³/mol. The highest BCUT2D eigenvalue weighted by atomic mass is 35.5. The van der Waals surface area contributed by atoms with E-state index in [2.05, 4.69) is 10.3 Å². The van der Waals surface area contributed by atoms with Gasteiger partial charge >= 0.3 is 0 Å². The third-order valence-electron chi connectivity index (χ3n) is 2.56. The van der Waals surface area contributed by atoms with Gasteiger partial charge < -0.3 is 10.1 Å². The third kappa shape index (κ3) is 3.91. The molecular weight excluding hydrogens is 267 g/mol. The molecule has 0 aliphatic rings. The van der Waals surface area contributed by atoms with Crippen LogP contribution in [0.2, 0.25) is 5.02 Å². The number of ether oxygens (including phenoxy) is 1.